The molecule has 1 aliphatic rings. The number of nitrogens with zero attached hydrogens (tertiary/aromatic N) is 3. The Balaban J connectivity index is 1.92. The molecular weight excluding hydrogens is 198 g/mol. The summed E-state index contributed by atoms with van der Waals surface area (Å²) in [6.07, 6.45) is 8.38. The van der Waals surface area contributed by atoms with E-state index in [1.807, 2.05) is 31.6 Å². The number of aromatic nitrogens is 3. The largest absolute Gasteiger partial charge is 0.329 e. The number of rotatable bonds is 3. The molecule has 82 valence electrons. The standard InChI is InChI=1S/C13H15N3/c1-10-14-7-8-16(10)9-13-12(11-4-5-11)3-2-6-15-13/h2-3,6-8,11H,4-5,9H2,1H3. The van der Waals surface area contributed by atoms with Gasteiger partial charge in [0.05, 0.1) is 12.2 Å². The molecule has 1 aliphatic carbocycles. The van der Waals surface area contributed by atoms with Crippen molar-refractivity contribution in [1.29, 1.82) is 0 Å². The second-order valence-corrected chi connectivity index (χ2v) is 4.42. The number of imidazole rings is 1. The summed E-state index contributed by atoms with van der Waals surface area (Å²) >= 11 is 0. The van der Waals surface area contributed by atoms with E-state index >= 15 is 0 Å². The molecule has 3 rings (SSSR count). The molecule has 0 N–H and O–H groups in total. The molecule has 0 aliphatic heterocycles. The van der Waals surface area contributed by atoms with Gasteiger partial charge < -0.3 is 4.57 Å². The van der Waals surface area contributed by atoms with Crippen molar-refractivity contribution in [3.05, 3.63) is 47.8 Å². The number of hydrogen-bond acceptors (Lipinski definition) is 2. The molecule has 0 aromatic carbocycles. The summed E-state index contributed by atoms with van der Waals surface area (Å²) in [4.78, 5) is 8.75. The van der Waals surface area contributed by atoms with Gasteiger partial charge in [-0.15, -0.1) is 0 Å². The van der Waals surface area contributed by atoms with Crippen LogP contribution in [0.1, 0.15) is 35.8 Å². The average molecular weight is 213 g/mol. The Labute approximate surface area is 95.2 Å². The third-order valence-electron chi connectivity index (χ3n) is 3.19. The van der Waals surface area contributed by atoms with Gasteiger partial charge in [0, 0.05) is 18.6 Å². The monoisotopic (exact) mass is 213 g/mol. The van der Waals surface area contributed by atoms with Crippen LogP contribution in [0.15, 0.2) is 30.7 Å². The van der Waals surface area contributed by atoms with Crippen molar-refractivity contribution in [3.8, 4) is 0 Å². The summed E-state index contributed by atoms with van der Waals surface area (Å²) in [5.74, 6) is 1.81. The van der Waals surface area contributed by atoms with E-state index < -0.39 is 0 Å². The number of pyridine rings is 1. The van der Waals surface area contributed by atoms with Crippen LogP contribution in [-0.4, -0.2) is 14.5 Å². The molecule has 1 fully saturated rings. The molecule has 1 saturated carbocycles. The van der Waals surface area contributed by atoms with Crippen molar-refractivity contribution in [2.24, 2.45) is 0 Å². The lowest BCUT2D eigenvalue weighted by Gasteiger charge is -2.09. The Morgan fingerprint density at radius 1 is 1.31 bits per heavy atom. The zero-order chi connectivity index (χ0) is 11.0. The van der Waals surface area contributed by atoms with Gasteiger partial charge in [-0.2, -0.15) is 0 Å². The highest BCUT2D eigenvalue weighted by Gasteiger charge is 2.26. The Morgan fingerprint density at radius 2 is 2.19 bits per heavy atom. The molecule has 3 heteroatoms. The molecule has 0 radical (unpaired) electrons. The number of hydrogen-bond donors (Lipinski definition) is 0. The first-order valence-corrected chi connectivity index (χ1v) is 5.76. The minimum Gasteiger partial charge on any atom is -0.329 e. The van der Waals surface area contributed by atoms with Crippen LogP contribution in [0.3, 0.4) is 0 Å². The molecule has 0 bridgehead atoms. The quantitative estimate of drug-likeness (QED) is 0.784. The van der Waals surface area contributed by atoms with Crippen LogP contribution in [0.25, 0.3) is 0 Å². The molecule has 0 unspecified atom stereocenters. The van der Waals surface area contributed by atoms with Gasteiger partial charge in [0.1, 0.15) is 5.82 Å². The Morgan fingerprint density at radius 3 is 2.88 bits per heavy atom. The second-order valence-electron chi connectivity index (χ2n) is 4.42. The van der Waals surface area contributed by atoms with Gasteiger partial charge >= 0.3 is 0 Å². The van der Waals surface area contributed by atoms with Crippen molar-refractivity contribution in [3.63, 3.8) is 0 Å². The van der Waals surface area contributed by atoms with E-state index in [2.05, 4.69) is 20.6 Å². The lowest BCUT2D eigenvalue weighted by molar-refractivity contribution is 0.731. The van der Waals surface area contributed by atoms with Crippen molar-refractivity contribution in [2.45, 2.75) is 32.2 Å². The van der Waals surface area contributed by atoms with Gasteiger partial charge in [0.2, 0.25) is 0 Å². The first kappa shape index (κ1) is 9.58. The molecular formula is C13H15N3. The van der Waals surface area contributed by atoms with Crippen molar-refractivity contribution in [1.82, 2.24) is 14.5 Å². The third kappa shape index (κ3) is 1.73. The van der Waals surface area contributed by atoms with Crippen molar-refractivity contribution >= 4 is 0 Å². The smallest absolute Gasteiger partial charge is 0.105 e. The molecule has 0 amide bonds. The van der Waals surface area contributed by atoms with Crippen LogP contribution in [0, 0.1) is 6.92 Å². The van der Waals surface area contributed by atoms with Gasteiger partial charge in [-0.1, -0.05) is 6.07 Å². The Kier molecular flexibility index (Phi) is 2.24. The van der Waals surface area contributed by atoms with Crippen LogP contribution < -0.4 is 0 Å². The summed E-state index contributed by atoms with van der Waals surface area (Å²) in [5.41, 5.74) is 2.63. The molecule has 0 spiro atoms. The van der Waals surface area contributed by atoms with E-state index in [-0.39, 0.29) is 0 Å². The summed E-state index contributed by atoms with van der Waals surface area (Å²) in [6.45, 7) is 2.87. The van der Waals surface area contributed by atoms with Gasteiger partial charge in [-0.3, -0.25) is 4.98 Å². The van der Waals surface area contributed by atoms with E-state index in [0.717, 1.165) is 18.3 Å². The summed E-state index contributed by atoms with van der Waals surface area (Å²) < 4.78 is 2.15. The van der Waals surface area contributed by atoms with E-state index in [0.29, 0.717) is 0 Å². The normalized spacial score (nSPS) is 15.3. The zero-order valence-corrected chi connectivity index (χ0v) is 9.43. The van der Waals surface area contributed by atoms with Gasteiger partial charge in [0.15, 0.2) is 0 Å². The molecule has 2 aromatic heterocycles. The van der Waals surface area contributed by atoms with Gasteiger partial charge in [-0.25, -0.2) is 4.98 Å². The van der Waals surface area contributed by atoms with E-state index in [1.54, 1.807) is 0 Å². The maximum absolute atomic E-state index is 4.51. The predicted octanol–water partition coefficient (Wildman–Crippen LogP) is 2.51. The molecule has 0 saturated heterocycles. The fourth-order valence-corrected chi connectivity index (χ4v) is 2.08. The highest BCUT2D eigenvalue weighted by atomic mass is 15.1. The highest BCUT2D eigenvalue weighted by Crippen LogP contribution is 2.41. The second kappa shape index (κ2) is 3.74. The lowest BCUT2D eigenvalue weighted by Crippen LogP contribution is -2.05. The maximum atomic E-state index is 4.51. The fourth-order valence-electron chi connectivity index (χ4n) is 2.08. The topological polar surface area (TPSA) is 30.7 Å². The lowest BCUT2D eigenvalue weighted by atomic mass is 10.1. The maximum Gasteiger partial charge on any atom is 0.105 e. The zero-order valence-electron chi connectivity index (χ0n) is 9.43. The minimum atomic E-state index is 0.757. The predicted molar refractivity (Wildman–Crippen MR) is 62.3 cm³/mol. The summed E-state index contributed by atoms with van der Waals surface area (Å²) in [6, 6.07) is 4.25. The van der Waals surface area contributed by atoms with Crippen LogP contribution in [-0.2, 0) is 6.54 Å². The minimum absolute atomic E-state index is 0.757. The first-order valence-electron chi connectivity index (χ1n) is 5.76. The molecule has 16 heavy (non-hydrogen) atoms. The molecule has 2 heterocycles. The van der Waals surface area contributed by atoms with Crippen LogP contribution in [0.2, 0.25) is 0 Å². The summed E-state index contributed by atoms with van der Waals surface area (Å²) in [7, 11) is 0. The van der Waals surface area contributed by atoms with Crippen LogP contribution in [0.5, 0.6) is 0 Å². The van der Waals surface area contributed by atoms with E-state index in [9.17, 15) is 0 Å². The fraction of sp³-hybridized carbons (Fsp3) is 0.385. The third-order valence-corrected chi connectivity index (χ3v) is 3.19. The van der Waals surface area contributed by atoms with Gasteiger partial charge in [-0.05, 0) is 37.3 Å². The van der Waals surface area contributed by atoms with Crippen molar-refractivity contribution in [2.75, 3.05) is 0 Å². The molecule has 3 nitrogen and oxygen atoms in total. The van der Waals surface area contributed by atoms with E-state index in [4.69, 9.17) is 0 Å². The average Bonchev–Trinajstić information content (AvgIpc) is 3.06. The Hall–Kier alpha value is -1.64. The van der Waals surface area contributed by atoms with E-state index in [1.165, 1.54) is 24.1 Å². The van der Waals surface area contributed by atoms with Gasteiger partial charge in [0.25, 0.3) is 0 Å². The number of aryl methyl sites for hydroxylation is 1. The molecule has 0 atom stereocenters. The Bertz CT molecular complexity index is 497. The highest BCUT2D eigenvalue weighted by molar-refractivity contribution is 5.28. The van der Waals surface area contributed by atoms with Crippen LogP contribution >= 0.6 is 0 Å². The summed E-state index contributed by atoms with van der Waals surface area (Å²) in [5, 5.41) is 0. The first-order chi connectivity index (χ1) is 7.84. The SMILES string of the molecule is Cc1nccn1Cc1ncccc1C1CC1. The van der Waals surface area contributed by atoms with Crippen LogP contribution in [0.4, 0.5) is 0 Å². The molecule has 2 aromatic rings. The van der Waals surface area contributed by atoms with Crippen molar-refractivity contribution < 1.29 is 0 Å².